The van der Waals surface area contributed by atoms with Crippen molar-refractivity contribution in [2.75, 3.05) is 17.7 Å². The van der Waals surface area contributed by atoms with Crippen molar-refractivity contribution in [1.82, 2.24) is 14.6 Å². The lowest BCUT2D eigenvalue weighted by molar-refractivity contribution is 0.572. The first kappa shape index (κ1) is 15.1. The minimum atomic E-state index is 0.423. The second kappa shape index (κ2) is 6.93. The van der Waals surface area contributed by atoms with E-state index >= 15 is 0 Å². The summed E-state index contributed by atoms with van der Waals surface area (Å²) in [6, 6.07) is 2.11. The Hall–Kier alpha value is -1.29. The second-order valence-electron chi connectivity index (χ2n) is 5.66. The Kier molecular flexibility index (Phi) is 5.24. The maximum absolute atomic E-state index is 5.81. The smallest absolute Gasteiger partial charge is 0.152 e. The summed E-state index contributed by atoms with van der Waals surface area (Å²) in [5, 5.41) is 7.97. The van der Waals surface area contributed by atoms with Crippen LogP contribution in [0.15, 0.2) is 18.5 Å². The average molecular weight is 295 g/mol. The van der Waals surface area contributed by atoms with E-state index in [4.69, 9.17) is 11.6 Å². The highest BCUT2D eigenvalue weighted by atomic mass is 35.5. The van der Waals surface area contributed by atoms with Gasteiger partial charge >= 0.3 is 0 Å². The standard InChI is InChI=1S/C15H23ClN4/c1-11(2)13-9-14-15(18-7-8-20(14)19-13)17-6-4-5-12(3)10-16/h7-9,11-12H,4-6,10H2,1-3H3,(H,17,18). The Labute approximate surface area is 125 Å². The molecule has 0 spiro atoms. The van der Waals surface area contributed by atoms with E-state index < -0.39 is 0 Å². The molecule has 0 saturated carbocycles. The number of alkyl halides is 1. The molecular weight excluding hydrogens is 272 g/mol. The Morgan fingerprint density at radius 1 is 1.35 bits per heavy atom. The number of aromatic nitrogens is 3. The van der Waals surface area contributed by atoms with Crippen molar-refractivity contribution in [3.8, 4) is 0 Å². The summed E-state index contributed by atoms with van der Waals surface area (Å²) in [5.41, 5.74) is 2.14. The molecule has 0 saturated heterocycles. The Morgan fingerprint density at radius 3 is 2.85 bits per heavy atom. The highest BCUT2D eigenvalue weighted by Crippen LogP contribution is 2.20. The molecule has 20 heavy (non-hydrogen) atoms. The van der Waals surface area contributed by atoms with Crippen LogP contribution in [0.3, 0.4) is 0 Å². The molecule has 0 aliphatic carbocycles. The molecule has 0 aliphatic rings. The molecular formula is C15H23ClN4. The SMILES string of the molecule is CC(CCl)CCCNc1nccn2nc(C(C)C)cc12. The van der Waals surface area contributed by atoms with Crippen LogP contribution in [-0.2, 0) is 0 Å². The molecule has 2 aromatic rings. The van der Waals surface area contributed by atoms with E-state index in [0.29, 0.717) is 11.8 Å². The van der Waals surface area contributed by atoms with Gasteiger partial charge in [-0.15, -0.1) is 11.6 Å². The Bertz CT molecular complexity index is 550. The van der Waals surface area contributed by atoms with E-state index in [1.54, 1.807) is 6.20 Å². The van der Waals surface area contributed by atoms with E-state index in [9.17, 15) is 0 Å². The summed E-state index contributed by atoms with van der Waals surface area (Å²) in [4.78, 5) is 4.42. The average Bonchev–Trinajstić information content (AvgIpc) is 2.88. The fraction of sp³-hybridized carbons (Fsp3) is 0.600. The summed E-state index contributed by atoms with van der Waals surface area (Å²) in [5.74, 6) is 2.64. The van der Waals surface area contributed by atoms with Gasteiger partial charge in [-0.1, -0.05) is 20.8 Å². The molecule has 2 rings (SSSR count). The first-order valence-electron chi connectivity index (χ1n) is 7.26. The molecule has 0 amide bonds. The summed E-state index contributed by atoms with van der Waals surface area (Å²) in [6.45, 7) is 7.39. The molecule has 0 aliphatic heterocycles. The van der Waals surface area contributed by atoms with Crippen molar-refractivity contribution >= 4 is 22.9 Å². The molecule has 1 atom stereocenters. The van der Waals surface area contributed by atoms with E-state index in [-0.39, 0.29) is 0 Å². The number of hydrogen-bond donors (Lipinski definition) is 1. The summed E-state index contributed by atoms with van der Waals surface area (Å²) in [7, 11) is 0. The van der Waals surface area contributed by atoms with Gasteiger partial charge in [-0.25, -0.2) is 9.50 Å². The second-order valence-corrected chi connectivity index (χ2v) is 5.97. The number of halogens is 1. The molecule has 2 heterocycles. The molecule has 4 nitrogen and oxygen atoms in total. The van der Waals surface area contributed by atoms with Crippen molar-refractivity contribution in [3.05, 3.63) is 24.2 Å². The number of anilines is 1. The molecule has 2 aromatic heterocycles. The Balaban J connectivity index is 2.02. The van der Waals surface area contributed by atoms with Gasteiger partial charge < -0.3 is 5.32 Å². The maximum atomic E-state index is 5.81. The highest BCUT2D eigenvalue weighted by Gasteiger charge is 2.09. The Morgan fingerprint density at radius 2 is 2.15 bits per heavy atom. The first-order valence-corrected chi connectivity index (χ1v) is 7.79. The van der Waals surface area contributed by atoms with Crippen LogP contribution >= 0.6 is 11.6 Å². The predicted molar refractivity (Wildman–Crippen MR) is 84.7 cm³/mol. The van der Waals surface area contributed by atoms with Crippen LogP contribution in [0.4, 0.5) is 5.82 Å². The zero-order valence-electron chi connectivity index (χ0n) is 12.4. The lowest BCUT2D eigenvalue weighted by Gasteiger charge is -2.09. The van der Waals surface area contributed by atoms with E-state index in [0.717, 1.165) is 42.3 Å². The van der Waals surface area contributed by atoms with Gasteiger partial charge in [0, 0.05) is 24.8 Å². The van der Waals surface area contributed by atoms with Gasteiger partial charge in [0.2, 0.25) is 0 Å². The molecule has 1 N–H and O–H groups in total. The summed E-state index contributed by atoms with van der Waals surface area (Å²) in [6.07, 6.45) is 5.91. The molecule has 0 fully saturated rings. The predicted octanol–water partition coefficient (Wildman–Crippen LogP) is 3.92. The summed E-state index contributed by atoms with van der Waals surface area (Å²) < 4.78 is 1.89. The van der Waals surface area contributed by atoms with Gasteiger partial charge in [0.15, 0.2) is 5.82 Å². The van der Waals surface area contributed by atoms with Crippen molar-refractivity contribution in [1.29, 1.82) is 0 Å². The number of nitrogens with one attached hydrogen (secondary N) is 1. The van der Waals surface area contributed by atoms with Crippen molar-refractivity contribution in [3.63, 3.8) is 0 Å². The molecule has 0 bridgehead atoms. The third kappa shape index (κ3) is 3.63. The molecule has 1 unspecified atom stereocenters. The number of fused-ring (bicyclic) bond motifs is 1. The van der Waals surface area contributed by atoms with Crippen LogP contribution in [-0.4, -0.2) is 27.0 Å². The van der Waals surface area contributed by atoms with Crippen LogP contribution in [0.25, 0.3) is 5.52 Å². The first-order chi connectivity index (χ1) is 9.61. The number of rotatable bonds is 7. The van der Waals surface area contributed by atoms with E-state index in [2.05, 4.69) is 42.2 Å². The van der Waals surface area contributed by atoms with Crippen molar-refractivity contribution < 1.29 is 0 Å². The number of nitrogens with zero attached hydrogens (tertiary/aromatic N) is 3. The van der Waals surface area contributed by atoms with E-state index in [1.165, 1.54) is 0 Å². The number of hydrogen-bond acceptors (Lipinski definition) is 3. The fourth-order valence-corrected chi connectivity index (χ4v) is 2.25. The van der Waals surface area contributed by atoms with Crippen molar-refractivity contribution in [2.45, 2.75) is 39.5 Å². The van der Waals surface area contributed by atoms with Gasteiger partial charge in [0.1, 0.15) is 5.52 Å². The zero-order chi connectivity index (χ0) is 14.5. The third-order valence-corrected chi connectivity index (χ3v) is 3.96. The van der Waals surface area contributed by atoms with Crippen LogP contribution in [0, 0.1) is 5.92 Å². The van der Waals surface area contributed by atoms with Gasteiger partial charge in [-0.05, 0) is 30.7 Å². The molecule has 110 valence electrons. The lowest BCUT2D eigenvalue weighted by Crippen LogP contribution is -2.07. The topological polar surface area (TPSA) is 42.2 Å². The lowest BCUT2D eigenvalue weighted by atomic mass is 10.1. The maximum Gasteiger partial charge on any atom is 0.152 e. The normalized spacial score (nSPS) is 13.1. The largest absolute Gasteiger partial charge is 0.368 e. The van der Waals surface area contributed by atoms with Crippen molar-refractivity contribution in [2.24, 2.45) is 5.92 Å². The van der Waals surface area contributed by atoms with Crippen LogP contribution in [0.1, 0.15) is 45.2 Å². The molecule has 5 heteroatoms. The van der Waals surface area contributed by atoms with Crippen LogP contribution in [0.5, 0.6) is 0 Å². The third-order valence-electron chi connectivity index (χ3n) is 3.43. The monoisotopic (exact) mass is 294 g/mol. The summed E-state index contributed by atoms with van der Waals surface area (Å²) >= 11 is 5.81. The van der Waals surface area contributed by atoms with Gasteiger partial charge in [0.05, 0.1) is 5.69 Å². The zero-order valence-corrected chi connectivity index (χ0v) is 13.2. The van der Waals surface area contributed by atoms with Gasteiger partial charge in [0.25, 0.3) is 0 Å². The minimum Gasteiger partial charge on any atom is -0.368 e. The van der Waals surface area contributed by atoms with E-state index in [1.807, 2.05) is 10.7 Å². The fourth-order valence-electron chi connectivity index (χ4n) is 2.09. The minimum absolute atomic E-state index is 0.423. The molecule has 0 radical (unpaired) electrons. The van der Waals surface area contributed by atoms with Gasteiger partial charge in [-0.3, -0.25) is 0 Å². The molecule has 0 aromatic carbocycles. The quantitative estimate of drug-likeness (QED) is 0.622. The van der Waals surface area contributed by atoms with Gasteiger partial charge in [-0.2, -0.15) is 5.10 Å². The highest BCUT2D eigenvalue weighted by molar-refractivity contribution is 6.18. The van der Waals surface area contributed by atoms with Crippen LogP contribution in [0.2, 0.25) is 0 Å². The van der Waals surface area contributed by atoms with Crippen LogP contribution < -0.4 is 5.32 Å².